The normalized spacial score (nSPS) is 10.7. The first-order chi connectivity index (χ1) is 14.3. The first-order valence-electron chi connectivity index (χ1n) is 9.10. The van der Waals surface area contributed by atoms with Gasteiger partial charge in [-0.25, -0.2) is 8.78 Å². The van der Waals surface area contributed by atoms with Crippen molar-refractivity contribution in [3.8, 4) is 5.69 Å². The molecule has 0 spiro atoms. The molecule has 0 aliphatic carbocycles. The van der Waals surface area contributed by atoms with E-state index in [4.69, 9.17) is 10.8 Å². The minimum absolute atomic E-state index is 0.0538. The number of pyridine rings is 1. The summed E-state index contributed by atoms with van der Waals surface area (Å²) in [6, 6.07) is 11.7. The molecule has 0 aliphatic heterocycles. The van der Waals surface area contributed by atoms with Crippen molar-refractivity contribution in [2.24, 2.45) is 0 Å². The third-order valence-corrected chi connectivity index (χ3v) is 4.60. The maximum absolute atomic E-state index is 14.0. The molecular weight excluding hydrogens is 394 g/mol. The van der Waals surface area contributed by atoms with Crippen LogP contribution < -0.4 is 11.3 Å². The largest absolute Gasteiger partial charge is 0.481 e. The van der Waals surface area contributed by atoms with Crippen molar-refractivity contribution in [1.82, 2.24) is 4.57 Å². The fourth-order valence-corrected chi connectivity index (χ4v) is 3.09. The number of carbonyl (C=O) groups is 2. The van der Waals surface area contributed by atoms with E-state index in [0.29, 0.717) is 24.6 Å². The van der Waals surface area contributed by atoms with Gasteiger partial charge in [-0.05, 0) is 48.7 Å². The predicted molar refractivity (Wildman–Crippen MR) is 107 cm³/mol. The number of benzene rings is 2. The molecule has 6 nitrogen and oxygen atoms in total. The lowest BCUT2D eigenvalue weighted by Crippen LogP contribution is -2.23. The summed E-state index contributed by atoms with van der Waals surface area (Å²) in [5, 5.41) is 8.71. The third-order valence-electron chi connectivity index (χ3n) is 4.60. The van der Waals surface area contributed by atoms with E-state index in [2.05, 4.69) is 0 Å². The first kappa shape index (κ1) is 20.9. The van der Waals surface area contributed by atoms with Gasteiger partial charge in [-0.3, -0.25) is 19.0 Å². The minimum Gasteiger partial charge on any atom is -0.481 e. The van der Waals surface area contributed by atoms with Crippen molar-refractivity contribution in [3.63, 3.8) is 0 Å². The van der Waals surface area contributed by atoms with E-state index in [9.17, 15) is 23.2 Å². The Bertz CT molecular complexity index is 1170. The lowest BCUT2D eigenvalue weighted by molar-refractivity contribution is -0.137. The molecule has 0 aliphatic rings. The summed E-state index contributed by atoms with van der Waals surface area (Å²) in [6.45, 7) is 0. The van der Waals surface area contributed by atoms with Crippen molar-refractivity contribution in [2.45, 2.75) is 19.3 Å². The maximum atomic E-state index is 14.0. The monoisotopic (exact) mass is 412 g/mol. The molecule has 30 heavy (non-hydrogen) atoms. The molecule has 3 aromatic rings. The summed E-state index contributed by atoms with van der Waals surface area (Å²) in [5.41, 5.74) is 6.41. The number of aliphatic carboxylic acids is 1. The highest BCUT2D eigenvalue weighted by atomic mass is 19.1. The number of nitrogens with zero attached hydrogens (tertiary/aromatic N) is 1. The van der Waals surface area contributed by atoms with E-state index in [0.717, 1.165) is 28.3 Å². The molecule has 0 radical (unpaired) electrons. The predicted octanol–water partition coefficient (Wildman–Crippen LogP) is 3.34. The van der Waals surface area contributed by atoms with E-state index in [1.807, 2.05) is 0 Å². The summed E-state index contributed by atoms with van der Waals surface area (Å²) < 4.78 is 28.3. The van der Waals surface area contributed by atoms with E-state index in [-0.39, 0.29) is 23.4 Å². The first-order valence-corrected chi connectivity index (χ1v) is 9.10. The van der Waals surface area contributed by atoms with Gasteiger partial charge in [0, 0.05) is 18.6 Å². The van der Waals surface area contributed by atoms with Crippen molar-refractivity contribution in [1.29, 1.82) is 0 Å². The molecule has 8 heteroatoms. The molecule has 3 N–H and O–H groups in total. The molecule has 154 valence electrons. The topological polar surface area (TPSA) is 102 Å². The number of carboxylic acids is 1. The van der Waals surface area contributed by atoms with Crippen LogP contribution in [0.4, 0.5) is 14.6 Å². The molecule has 0 bridgehead atoms. The van der Waals surface area contributed by atoms with Crippen molar-refractivity contribution >= 4 is 17.6 Å². The highest BCUT2D eigenvalue weighted by Gasteiger charge is 2.20. The highest BCUT2D eigenvalue weighted by molar-refractivity contribution is 6.11. The number of rotatable bonds is 7. The van der Waals surface area contributed by atoms with Gasteiger partial charge in [-0.15, -0.1) is 0 Å². The number of carbonyl (C=O) groups excluding carboxylic acids is 1. The second-order valence-corrected chi connectivity index (χ2v) is 6.67. The Hall–Kier alpha value is -3.81. The number of halogens is 2. The smallest absolute Gasteiger partial charge is 0.303 e. The van der Waals surface area contributed by atoms with Gasteiger partial charge >= 0.3 is 5.97 Å². The van der Waals surface area contributed by atoms with Crippen LogP contribution in [0, 0.1) is 11.6 Å². The zero-order chi connectivity index (χ0) is 21.8. The van der Waals surface area contributed by atoms with Crippen molar-refractivity contribution < 1.29 is 23.5 Å². The van der Waals surface area contributed by atoms with Crippen LogP contribution in [0.2, 0.25) is 0 Å². The summed E-state index contributed by atoms with van der Waals surface area (Å²) in [4.78, 5) is 35.7. The lowest BCUT2D eigenvalue weighted by Gasteiger charge is -2.14. The average molecular weight is 412 g/mol. The van der Waals surface area contributed by atoms with Crippen LogP contribution >= 0.6 is 0 Å². The lowest BCUT2D eigenvalue weighted by atomic mass is 10.0. The second kappa shape index (κ2) is 8.69. The summed E-state index contributed by atoms with van der Waals surface area (Å²) >= 11 is 0. The Labute approximate surface area is 170 Å². The number of nitrogens with two attached hydrogens (primary N) is 1. The number of hydrogen-bond acceptors (Lipinski definition) is 4. The van der Waals surface area contributed by atoms with Crippen LogP contribution in [0.3, 0.4) is 0 Å². The average Bonchev–Trinajstić information content (AvgIpc) is 2.68. The Balaban J connectivity index is 1.94. The van der Waals surface area contributed by atoms with E-state index < -0.39 is 28.9 Å². The van der Waals surface area contributed by atoms with Crippen LogP contribution in [0.25, 0.3) is 5.69 Å². The molecule has 3 rings (SSSR count). The fourth-order valence-electron chi connectivity index (χ4n) is 3.09. The summed E-state index contributed by atoms with van der Waals surface area (Å²) in [6.07, 6.45) is 1.08. The zero-order valence-corrected chi connectivity index (χ0v) is 15.8. The molecule has 0 atom stereocenters. The minimum atomic E-state index is -1.03. The Morgan fingerprint density at radius 1 is 0.967 bits per heavy atom. The molecule has 0 saturated heterocycles. The number of ketones is 1. The molecule has 0 fully saturated rings. The molecular formula is C22H18F2N2O4. The van der Waals surface area contributed by atoms with Gasteiger partial charge in [0.05, 0.1) is 16.8 Å². The molecule has 0 amide bonds. The number of hydrogen-bond donors (Lipinski definition) is 2. The van der Waals surface area contributed by atoms with Crippen LogP contribution in [0.1, 0.15) is 34.3 Å². The van der Waals surface area contributed by atoms with Gasteiger partial charge < -0.3 is 10.8 Å². The van der Waals surface area contributed by atoms with Gasteiger partial charge in [0.1, 0.15) is 17.5 Å². The van der Waals surface area contributed by atoms with Gasteiger partial charge in [0.25, 0.3) is 5.56 Å². The van der Waals surface area contributed by atoms with Crippen LogP contribution in [-0.4, -0.2) is 21.4 Å². The molecule has 0 unspecified atom stereocenters. The SMILES string of the molecule is Nc1c(C(=O)c2ccc(F)cc2F)ccc(=O)n1-c1ccc(CCCC(=O)O)cc1. The number of nitrogen functional groups attached to an aromatic ring is 1. The van der Waals surface area contributed by atoms with E-state index >= 15 is 0 Å². The van der Waals surface area contributed by atoms with E-state index in [1.54, 1.807) is 24.3 Å². The number of aryl methyl sites for hydroxylation is 1. The van der Waals surface area contributed by atoms with Crippen LogP contribution in [0.5, 0.6) is 0 Å². The Morgan fingerprint density at radius 3 is 2.27 bits per heavy atom. The number of aromatic nitrogens is 1. The molecule has 0 saturated carbocycles. The second-order valence-electron chi connectivity index (χ2n) is 6.67. The Morgan fingerprint density at radius 2 is 1.63 bits per heavy atom. The Kier molecular flexibility index (Phi) is 6.06. The molecule has 2 aromatic carbocycles. The highest BCUT2D eigenvalue weighted by Crippen LogP contribution is 2.21. The fraction of sp³-hybridized carbons (Fsp3) is 0.136. The van der Waals surface area contributed by atoms with Crippen molar-refractivity contribution in [3.05, 3.63) is 93.3 Å². The van der Waals surface area contributed by atoms with Crippen LogP contribution in [0.15, 0.2) is 59.4 Å². The van der Waals surface area contributed by atoms with Gasteiger partial charge in [0.15, 0.2) is 5.78 Å². The standard InChI is InChI=1S/C22H18F2N2O4/c23-14-6-9-16(18(24)12-14)21(30)17-10-11-19(27)26(22(17)25)15-7-4-13(5-8-15)2-1-3-20(28)29/h4-12H,1-3,25H2,(H,28,29). The van der Waals surface area contributed by atoms with Crippen LogP contribution in [-0.2, 0) is 11.2 Å². The van der Waals surface area contributed by atoms with Gasteiger partial charge in [0.2, 0.25) is 0 Å². The van der Waals surface area contributed by atoms with Gasteiger partial charge in [-0.1, -0.05) is 12.1 Å². The number of carboxylic acid groups (broad SMARTS) is 1. The zero-order valence-electron chi connectivity index (χ0n) is 15.8. The maximum Gasteiger partial charge on any atom is 0.303 e. The van der Waals surface area contributed by atoms with E-state index in [1.165, 1.54) is 6.07 Å². The van der Waals surface area contributed by atoms with Gasteiger partial charge in [-0.2, -0.15) is 0 Å². The quantitative estimate of drug-likeness (QED) is 0.580. The number of anilines is 1. The molecule has 1 heterocycles. The molecule has 1 aromatic heterocycles. The summed E-state index contributed by atoms with van der Waals surface area (Å²) in [5.74, 6) is -3.66. The summed E-state index contributed by atoms with van der Waals surface area (Å²) in [7, 11) is 0. The van der Waals surface area contributed by atoms with Crippen molar-refractivity contribution in [2.75, 3.05) is 5.73 Å². The third kappa shape index (κ3) is 4.43.